The molecule has 2 N–H and O–H groups in total. The molecule has 2 amide bonds. The fourth-order valence-corrected chi connectivity index (χ4v) is 4.63. The van der Waals surface area contributed by atoms with Gasteiger partial charge in [-0.1, -0.05) is 12.1 Å². The van der Waals surface area contributed by atoms with Gasteiger partial charge in [0.2, 0.25) is 5.91 Å². The maximum atomic E-state index is 12.9. The van der Waals surface area contributed by atoms with Crippen LogP contribution in [0.3, 0.4) is 0 Å². The van der Waals surface area contributed by atoms with E-state index in [-0.39, 0.29) is 11.8 Å². The van der Waals surface area contributed by atoms with Crippen LogP contribution < -0.4 is 15.5 Å². The van der Waals surface area contributed by atoms with Crippen LogP contribution in [0.1, 0.15) is 22.3 Å². The third-order valence-electron chi connectivity index (χ3n) is 6.34. The van der Waals surface area contributed by atoms with Crippen LogP contribution in [0.25, 0.3) is 0 Å². The van der Waals surface area contributed by atoms with Crippen LogP contribution in [0.2, 0.25) is 0 Å². The van der Waals surface area contributed by atoms with E-state index in [2.05, 4.69) is 17.0 Å². The summed E-state index contributed by atoms with van der Waals surface area (Å²) in [7, 11) is 4.00. The first kappa shape index (κ1) is 20.3. The third-order valence-corrected chi connectivity index (χ3v) is 6.34. The zero-order valence-electron chi connectivity index (χ0n) is 17.8. The number of hydrogen-bond donors (Lipinski definition) is 1. The first-order chi connectivity index (χ1) is 14.4. The number of hydrogen-bond acceptors (Lipinski definition) is 4. The van der Waals surface area contributed by atoms with Crippen molar-refractivity contribution < 1.29 is 9.59 Å². The summed E-state index contributed by atoms with van der Waals surface area (Å²) in [4.78, 5) is 30.5. The monoisotopic (exact) mass is 406 g/mol. The molecule has 2 aromatic rings. The second-order valence-electron chi connectivity index (χ2n) is 8.71. The van der Waals surface area contributed by atoms with Crippen molar-refractivity contribution in [3.8, 4) is 0 Å². The van der Waals surface area contributed by atoms with Gasteiger partial charge in [-0.3, -0.25) is 9.59 Å². The van der Waals surface area contributed by atoms with Crippen LogP contribution in [0.5, 0.6) is 0 Å². The Labute approximate surface area is 178 Å². The van der Waals surface area contributed by atoms with E-state index >= 15 is 0 Å². The van der Waals surface area contributed by atoms with Gasteiger partial charge >= 0.3 is 0 Å². The molecule has 0 bridgehead atoms. The van der Waals surface area contributed by atoms with E-state index in [4.69, 9.17) is 5.73 Å². The van der Waals surface area contributed by atoms with Crippen molar-refractivity contribution in [2.75, 3.05) is 50.1 Å². The second-order valence-corrected chi connectivity index (χ2v) is 8.71. The molecule has 6 nitrogen and oxygen atoms in total. The fraction of sp³-hybridized carbons (Fsp3) is 0.417. The number of likely N-dealkylation sites (tertiary alicyclic amines) is 1. The lowest BCUT2D eigenvalue weighted by Crippen LogP contribution is -2.33. The van der Waals surface area contributed by atoms with E-state index in [1.165, 1.54) is 5.69 Å². The Kier molecular flexibility index (Phi) is 5.66. The van der Waals surface area contributed by atoms with Crippen molar-refractivity contribution in [1.82, 2.24) is 4.90 Å². The molecule has 2 saturated heterocycles. The highest BCUT2D eigenvalue weighted by Gasteiger charge is 2.41. The van der Waals surface area contributed by atoms with Crippen LogP contribution >= 0.6 is 0 Å². The molecule has 2 heterocycles. The molecule has 2 atom stereocenters. The Morgan fingerprint density at radius 1 is 1.00 bits per heavy atom. The van der Waals surface area contributed by atoms with Crippen molar-refractivity contribution in [1.29, 1.82) is 0 Å². The number of amides is 2. The van der Waals surface area contributed by atoms with E-state index in [1.807, 2.05) is 60.3 Å². The number of benzene rings is 2. The van der Waals surface area contributed by atoms with Crippen molar-refractivity contribution in [2.24, 2.45) is 17.6 Å². The van der Waals surface area contributed by atoms with Crippen LogP contribution in [-0.2, 0) is 11.2 Å². The predicted octanol–water partition coefficient (Wildman–Crippen LogP) is 2.38. The van der Waals surface area contributed by atoms with Crippen LogP contribution in [-0.4, -0.2) is 57.0 Å². The topological polar surface area (TPSA) is 69.9 Å². The zero-order chi connectivity index (χ0) is 21.3. The van der Waals surface area contributed by atoms with Gasteiger partial charge in [-0.25, -0.2) is 0 Å². The summed E-state index contributed by atoms with van der Waals surface area (Å²) < 4.78 is 0. The summed E-state index contributed by atoms with van der Waals surface area (Å²) in [5, 5.41) is 0. The summed E-state index contributed by atoms with van der Waals surface area (Å²) in [6.07, 6.45) is 1.06. The maximum absolute atomic E-state index is 12.9. The van der Waals surface area contributed by atoms with Gasteiger partial charge in [-0.2, -0.15) is 0 Å². The van der Waals surface area contributed by atoms with Crippen molar-refractivity contribution in [2.45, 2.75) is 12.8 Å². The highest BCUT2D eigenvalue weighted by atomic mass is 16.2. The minimum atomic E-state index is -0.266. The number of nitrogens with zero attached hydrogens (tertiary/aromatic N) is 3. The molecule has 0 spiro atoms. The standard InChI is InChI=1S/C24H30N4O2/c1-26(2)21-9-7-18(8-10-21)24(30)28-15-19-13-27(14-20(19)16-28)22-5-3-4-17(12-22)6-11-23(25)29/h3-5,7-10,12,19-20H,6,11,13-16H2,1-2H3,(H2,25,29). The van der Waals surface area contributed by atoms with Gasteiger partial charge < -0.3 is 20.4 Å². The average Bonchev–Trinajstić information content (AvgIpc) is 3.31. The third kappa shape index (κ3) is 4.27. The number of fused-ring (bicyclic) bond motifs is 1. The number of anilines is 2. The molecule has 2 aliphatic rings. The van der Waals surface area contributed by atoms with Crippen molar-refractivity contribution >= 4 is 23.2 Å². The molecule has 30 heavy (non-hydrogen) atoms. The molecule has 4 rings (SSSR count). The maximum Gasteiger partial charge on any atom is 0.253 e. The SMILES string of the molecule is CN(C)c1ccc(C(=O)N2CC3CN(c4cccc(CCC(N)=O)c4)CC3C2)cc1. The Bertz CT molecular complexity index is 911. The van der Waals surface area contributed by atoms with Crippen LogP contribution in [0, 0.1) is 11.8 Å². The van der Waals surface area contributed by atoms with Gasteiger partial charge in [0.25, 0.3) is 5.91 Å². The minimum absolute atomic E-state index is 0.134. The normalized spacial score (nSPS) is 20.3. The Balaban J connectivity index is 1.36. The fourth-order valence-electron chi connectivity index (χ4n) is 4.63. The number of primary amides is 1. The van der Waals surface area contributed by atoms with Crippen LogP contribution in [0.15, 0.2) is 48.5 Å². The average molecular weight is 407 g/mol. The molecule has 2 unspecified atom stereocenters. The minimum Gasteiger partial charge on any atom is -0.378 e. The summed E-state index contributed by atoms with van der Waals surface area (Å²) in [6.45, 7) is 3.56. The lowest BCUT2D eigenvalue weighted by Gasteiger charge is -2.24. The van der Waals surface area contributed by atoms with Gasteiger partial charge in [0.05, 0.1) is 0 Å². The molecule has 2 aromatic carbocycles. The summed E-state index contributed by atoms with van der Waals surface area (Å²) in [5.41, 5.74) is 9.48. The molecular weight excluding hydrogens is 376 g/mol. The van der Waals surface area contributed by atoms with Gasteiger partial charge in [-0.05, 0) is 48.4 Å². The molecule has 0 radical (unpaired) electrons. The van der Waals surface area contributed by atoms with Gasteiger partial charge in [0.1, 0.15) is 0 Å². The molecule has 158 valence electrons. The van der Waals surface area contributed by atoms with E-state index in [0.29, 0.717) is 24.7 Å². The Morgan fingerprint density at radius 3 is 2.27 bits per heavy atom. The van der Waals surface area contributed by atoms with E-state index in [9.17, 15) is 9.59 Å². The van der Waals surface area contributed by atoms with Crippen LogP contribution in [0.4, 0.5) is 11.4 Å². The molecule has 2 fully saturated rings. The number of nitrogens with two attached hydrogens (primary N) is 1. The lowest BCUT2D eigenvalue weighted by molar-refractivity contribution is -0.117. The number of rotatable bonds is 6. The van der Waals surface area contributed by atoms with Gasteiger partial charge in [0.15, 0.2) is 0 Å². The Morgan fingerprint density at radius 2 is 1.67 bits per heavy atom. The highest BCUT2D eigenvalue weighted by Crippen LogP contribution is 2.35. The number of carbonyl (C=O) groups is 2. The van der Waals surface area contributed by atoms with E-state index < -0.39 is 0 Å². The quantitative estimate of drug-likeness (QED) is 0.800. The number of aryl methyl sites for hydroxylation is 1. The predicted molar refractivity (Wildman–Crippen MR) is 120 cm³/mol. The van der Waals surface area contributed by atoms with Gasteiger partial charge in [-0.15, -0.1) is 0 Å². The largest absolute Gasteiger partial charge is 0.378 e. The highest BCUT2D eigenvalue weighted by molar-refractivity contribution is 5.94. The molecule has 6 heteroatoms. The Hall–Kier alpha value is -3.02. The molecule has 0 saturated carbocycles. The van der Waals surface area contributed by atoms with Crippen molar-refractivity contribution in [3.63, 3.8) is 0 Å². The number of carbonyl (C=O) groups excluding carboxylic acids is 2. The smallest absolute Gasteiger partial charge is 0.253 e. The molecule has 0 aromatic heterocycles. The van der Waals surface area contributed by atoms with E-state index in [0.717, 1.165) is 43.0 Å². The molecule has 2 aliphatic heterocycles. The summed E-state index contributed by atoms with van der Waals surface area (Å²) in [6, 6.07) is 16.2. The van der Waals surface area contributed by atoms with Gasteiger partial charge in [0, 0.05) is 75.5 Å². The first-order valence-electron chi connectivity index (χ1n) is 10.6. The second kappa shape index (κ2) is 8.38. The van der Waals surface area contributed by atoms with E-state index in [1.54, 1.807) is 0 Å². The molecule has 0 aliphatic carbocycles. The summed E-state index contributed by atoms with van der Waals surface area (Å²) >= 11 is 0. The van der Waals surface area contributed by atoms with Crippen molar-refractivity contribution in [3.05, 3.63) is 59.7 Å². The summed E-state index contributed by atoms with van der Waals surface area (Å²) in [5.74, 6) is 0.875. The molecular formula is C24H30N4O2. The lowest BCUT2D eigenvalue weighted by atomic mass is 10.0. The zero-order valence-corrected chi connectivity index (χ0v) is 17.8. The first-order valence-corrected chi connectivity index (χ1v) is 10.6.